The molecule has 1 fully saturated rings. The molecule has 1 saturated heterocycles. The number of ether oxygens (including phenoxy) is 1. The molecule has 1 aromatic rings. The number of nitrogens with one attached hydrogen (secondary N) is 2. The number of anilines is 1. The predicted molar refractivity (Wildman–Crippen MR) is 90.8 cm³/mol. The number of nitrogens with zero attached hydrogens (tertiary/aromatic N) is 1. The third-order valence-corrected chi connectivity index (χ3v) is 5.89. The lowest BCUT2D eigenvalue weighted by Crippen LogP contribution is -2.47. The third-order valence-electron chi connectivity index (χ3n) is 4.42. The SMILES string of the molecule is CN1CCOc2ccc(S(=O)(=O)N[C@@H]3CCCCCNC3=O)cc21. The summed E-state index contributed by atoms with van der Waals surface area (Å²) in [7, 11) is -1.87. The van der Waals surface area contributed by atoms with Crippen LogP contribution in [0, 0.1) is 0 Å². The van der Waals surface area contributed by atoms with Gasteiger partial charge in [-0.15, -0.1) is 0 Å². The number of fused-ring (bicyclic) bond motifs is 1. The van der Waals surface area contributed by atoms with Gasteiger partial charge in [0.05, 0.1) is 17.1 Å². The van der Waals surface area contributed by atoms with Crippen LogP contribution in [0.1, 0.15) is 25.7 Å². The van der Waals surface area contributed by atoms with Crippen LogP contribution in [0.3, 0.4) is 0 Å². The van der Waals surface area contributed by atoms with Crippen molar-refractivity contribution in [3.63, 3.8) is 0 Å². The highest BCUT2D eigenvalue weighted by molar-refractivity contribution is 7.89. The van der Waals surface area contributed by atoms with E-state index in [4.69, 9.17) is 4.74 Å². The summed E-state index contributed by atoms with van der Waals surface area (Å²) in [5, 5.41) is 2.77. The van der Waals surface area contributed by atoms with Crippen LogP contribution < -0.4 is 19.7 Å². The molecule has 0 spiro atoms. The van der Waals surface area contributed by atoms with Crippen LogP contribution in [0.5, 0.6) is 5.75 Å². The minimum atomic E-state index is -3.77. The number of likely N-dealkylation sites (N-methyl/N-ethyl adjacent to an activating group) is 1. The number of carbonyl (C=O) groups excluding carboxylic acids is 1. The Labute approximate surface area is 142 Å². The van der Waals surface area contributed by atoms with Gasteiger partial charge in [-0.1, -0.05) is 12.8 Å². The summed E-state index contributed by atoms with van der Waals surface area (Å²) < 4.78 is 33.5. The van der Waals surface area contributed by atoms with E-state index in [1.165, 1.54) is 6.07 Å². The fourth-order valence-corrected chi connectivity index (χ4v) is 4.23. The van der Waals surface area contributed by atoms with Gasteiger partial charge in [-0.05, 0) is 31.0 Å². The Hall–Kier alpha value is -1.80. The van der Waals surface area contributed by atoms with Crippen LogP contribution in [0.4, 0.5) is 5.69 Å². The van der Waals surface area contributed by atoms with Crippen molar-refractivity contribution in [2.24, 2.45) is 0 Å². The zero-order chi connectivity index (χ0) is 17.2. The summed E-state index contributed by atoms with van der Waals surface area (Å²) >= 11 is 0. The van der Waals surface area contributed by atoms with E-state index in [0.29, 0.717) is 31.9 Å². The molecule has 1 aromatic carbocycles. The van der Waals surface area contributed by atoms with Gasteiger partial charge in [-0.25, -0.2) is 8.42 Å². The topological polar surface area (TPSA) is 87.7 Å². The number of amides is 1. The maximum atomic E-state index is 12.7. The van der Waals surface area contributed by atoms with Gasteiger partial charge in [-0.3, -0.25) is 4.79 Å². The van der Waals surface area contributed by atoms with Gasteiger partial charge in [0.2, 0.25) is 15.9 Å². The minimum absolute atomic E-state index is 0.147. The number of hydrogen-bond donors (Lipinski definition) is 2. The first kappa shape index (κ1) is 17.0. The van der Waals surface area contributed by atoms with Crippen LogP contribution in [0.15, 0.2) is 23.1 Å². The first-order chi connectivity index (χ1) is 11.5. The van der Waals surface area contributed by atoms with Crippen molar-refractivity contribution >= 4 is 21.6 Å². The molecule has 2 aliphatic rings. The second-order valence-electron chi connectivity index (χ2n) is 6.21. The Morgan fingerprint density at radius 1 is 1.29 bits per heavy atom. The molecule has 132 valence electrons. The number of carbonyl (C=O) groups is 1. The number of rotatable bonds is 3. The van der Waals surface area contributed by atoms with Crippen molar-refractivity contribution in [2.45, 2.75) is 36.6 Å². The van der Waals surface area contributed by atoms with Crippen LogP contribution in [0.25, 0.3) is 0 Å². The fourth-order valence-electron chi connectivity index (χ4n) is 2.98. The van der Waals surface area contributed by atoms with Crippen molar-refractivity contribution < 1.29 is 17.9 Å². The Kier molecular flexibility index (Phi) is 4.96. The lowest BCUT2D eigenvalue weighted by Gasteiger charge is -2.28. The Morgan fingerprint density at radius 3 is 2.96 bits per heavy atom. The van der Waals surface area contributed by atoms with Gasteiger partial charge >= 0.3 is 0 Å². The average molecular weight is 353 g/mol. The van der Waals surface area contributed by atoms with Crippen LogP contribution in [0.2, 0.25) is 0 Å². The Balaban J connectivity index is 1.82. The lowest BCUT2D eigenvalue weighted by molar-refractivity contribution is -0.123. The summed E-state index contributed by atoms with van der Waals surface area (Å²) in [6.07, 6.45) is 3.27. The Bertz CT molecular complexity index is 720. The van der Waals surface area contributed by atoms with Gasteiger partial charge in [0.15, 0.2) is 0 Å². The highest BCUT2D eigenvalue weighted by Crippen LogP contribution is 2.32. The van der Waals surface area contributed by atoms with Crippen molar-refractivity contribution in [3.05, 3.63) is 18.2 Å². The summed E-state index contributed by atoms with van der Waals surface area (Å²) in [6.45, 7) is 1.88. The molecule has 24 heavy (non-hydrogen) atoms. The molecule has 1 atom stereocenters. The summed E-state index contributed by atoms with van der Waals surface area (Å²) in [5.41, 5.74) is 0.742. The molecule has 0 saturated carbocycles. The normalized spacial score (nSPS) is 22.0. The standard InChI is InChI=1S/C16H23N3O4S/c1-19-9-10-23-15-7-6-12(11-14(15)19)24(21,22)18-13-5-3-2-4-8-17-16(13)20/h6-7,11,13,18H,2-5,8-10H2,1H3,(H,17,20)/t13-/m1/s1. The lowest BCUT2D eigenvalue weighted by atomic mass is 10.1. The number of hydrogen-bond acceptors (Lipinski definition) is 5. The third kappa shape index (κ3) is 3.64. The smallest absolute Gasteiger partial charge is 0.241 e. The predicted octanol–water partition coefficient (Wildman–Crippen LogP) is 0.852. The van der Waals surface area contributed by atoms with E-state index < -0.39 is 16.1 Å². The molecule has 2 N–H and O–H groups in total. The van der Waals surface area contributed by atoms with Gasteiger partial charge in [0.25, 0.3) is 0 Å². The quantitative estimate of drug-likeness (QED) is 0.841. The average Bonchev–Trinajstić information content (AvgIpc) is 2.55. The van der Waals surface area contributed by atoms with E-state index in [0.717, 1.165) is 24.9 Å². The summed E-state index contributed by atoms with van der Waals surface area (Å²) in [6, 6.07) is 4.05. The second kappa shape index (κ2) is 6.98. The Morgan fingerprint density at radius 2 is 2.12 bits per heavy atom. The molecular formula is C16H23N3O4S. The van der Waals surface area contributed by atoms with E-state index >= 15 is 0 Å². The van der Waals surface area contributed by atoms with Gasteiger partial charge in [-0.2, -0.15) is 4.72 Å². The second-order valence-corrected chi connectivity index (χ2v) is 7.93. The van der Waals surface area contributed by atoms with E-state index in [1.807, 2.05) is 11.9 Å². The molecule has 8 heteroatoms. The molecule has 3 rings (SSSR count). The summed E-state index contributed by atoms with van der Waals surface area (Å²) in [4.78, 5) is 14.2. The largest absolute Gasteiger partial charge is 0.490 e. The molecule has 0 aliphatic carbocycles. The monoisotopic (exact) mass is 353 g/mol. The molecule has 2 aliphatic heterocycles. The van der Waals surface area contributed by atoms with Crippen LogP contribution in [-0.4, -0.2) is 47.1 Å². The molecule has 1 amide bonds. The molecule has 0 aromatic heterocycles. The molecule has 0 bridgehead atoms. The van der Waals surface area contributed by atoms with E-state index in [1.54, 1.807) is 12.1 Å². The highest BCUT2D eigenvalue weighted by atomic mass is 32.2. The van der Waals surface area contributed by atoms with Gasteiger partial charge in [0, 0.05) is 13.6 Å². The van der Waals surface area contributed by atoms with E-state index in [2.05, 4.69) is 10.0 Å². The highest BCUT2D eigenvalue weighted by Gasteiger charge is 2.27. The molecule has 7 nitrogen and oxygen atoms in total. The first-order valence-electron chi connectivity index (χ1n) is 8.25. The first-order valence-corrected chi connectivity index (χ1v) is 9.74. The molecular weight excluding hydrogens is 330 g/mol. The minimum Gasteiger partial charge on any atom is -0.490 e. The van der Waals surface area contributed by atoms with Crippen molar-refractivity contribution in [1.29, 1.82) is 0 Å². The van der Waals surface area contributed by atoms with Crippen molar-refractivity contribution in [1.82, 2.24) is 10.0 Å². The summed E-state index contributed by atoms with van der Waals surface area (Å²) in [5.74, 6) is 0.420. The number of benzene rings is 1. The molecule has 2 heterocycles. The van der Waals surface area contributed by atoms with Crippen LogP contribution >= 0.6 is 0 Å². The van der Waals surface area contributed by atoms with E-state index in [9.17, 15) is 13.2 Å². The van der Waals surface area contributed by atoms with Crippen LogP contribution in [-0.2, 0) is 14.8 Å². The van der Waals surface area contributed by atoms with Gasteiger partial charge < -0.3 is 15.0 Å². The van der Waals surface area contributed by atoms with Crippen molar-refractivity contribution in [3.8, 4) is 5.75 Å². The zero-order valence-electron chi connectivity index (χ0n) is 13.7. The van der Waals surface area contributed by atoms with Crippen molar-refractivity contribution in [2.75, 3.05) is 31.6 Å². The molecule has 0 unspecified atom stereocenters. The number of sulfonamides is 1. The maximum Gasteiger partial charge on any atom is 0.241 e. The fraction of sp³-hybridized carbons (Fsp3) is 0.562. The van der Waals surface area contributed by atoms with E-state index in [-0.39, 0.29) is 10.8 Å². The molecule has 0 radical (unpaired) electrons. The maximum absolute atomic E-state index is 12.7. The van der Waals surface area contributed by atoms with Gasteiger partial charge in [0.1, 0.15) is 18.4 Å². The zero-order valence-corrected chi connectivity index (χ0v) is 14.6.